The Bertz CT molecular complexity index is 1020. The van der Waals surface area contributed by atoms with Crippen molar-refractivity contribution in [2.75, 3.05) is 0 Å². The zero-order chi connectivity index (χ0) is 16.4. The van der Waals surface area contributed by atoms with E-state index in [4.69, 9.17) is 0 Å². The third-order valence-electron chi connectivity index (χ3n) is 4.00. The Labute approximate surface area is 144 Å². The largest absolute Gasteiger partial charge is 0.312 e. The molecule has 1 aromatic heterocycles. The third kappa shape index (κ3) is 2.59. The number of hydrogen-bond donors (Lipinski definition) is 0. The highest BCUT2D eigenvalue weighted by atomic mass is 32.1. The van der Waals surface area contributed by atoms with Crippen LogP contribution in [0.5, 0.6) is 0 Å². The summed E-state index contributed by atoms with van der Waals surface area (Å²) < 4.78 is 1.78. The Morgan fingerprint density at radius 1 is 0.667 bits per heavy atom. The Kier molecular flexibility index (Phi) is 3.85. The normalized spacial score (nSPS) is 10.7. The van der Waals surface area contributed by atoms with E-state index < -0.39 is 0 Å². The molecular formula is C21H15NOS. The summed E-state index contributed by atoms with van der Waals surface area (Å²) in [5.74, 6) is 0. The second-order valence-electron chi connectivity index (χ2n) is 5.47. The fourth-order valence-electron chi connectivity index (χ4n) is 2.89. The van der Waals surface area contributed by atoms with Gasteiger partial charge in [0, 0.05) is 10.9 Å². The number of para-hydroxylation sites is 1. The minimum absolute atomic E-state index is 0.0269. The van der Waals surface area contributed by atoms with E-state index in [9.17, 15) is 4.79 Å². The van der Waals surface area contributed by atoms with E-state index >= 15 is 0 Å². The SMILES string of the molecule is O=c1scc(-c2ccccc2-c2ccccc2)n1-c1ccccc1. The van der Waals surface area contributed by atoms with Crippen molar-refractivity contribution < 1.29 is 0 Å². The van der Waals surface area contributed by atoms with E-state index in [1.165, 1.54) is 11.3 Å². The van der Waals surface area contributed by atoms with Crippen LogP contribution in [-0.2, 0) is 0 Å². The zero-order valence-corrected chi connectivity index (χ0v) is 13.7. The van der Waals surface area contributed by atoms with E-state index in [1.807, 2.05) is 66.0 Å². The molecular weight excluding hydrogens is 314 g/mol. The van der Waals surface area contributed by atoms with E-state index in [1.54, 1.807) is 4.57 Å². The van der Waals surface area contributed by atoms with Crippen molar-refractivity contribution in [2.24, 2.45) is 0 Å². The van der Waals surface area contributed by atoms with Crippen LogP contribution in [0.2, 0.25) is 0 Å². The molecule has 4 rings (SSSR count). The third-order valence-corrected chi connectivity index (χ3v) is 4.72. The predicted octanol–water partition coefficient (Wildman–Crippen LogP) is 5.23. The summed E-state index contributed by atoms with van der Waals surface area (Å²) in [5, 5.41) is 1.94. The highest BCUT2D eigenvalue weighted by molar-refractivity contribution is 7.07. The first kappa shape index (κ1) is 14.7. The standard InChI is InChI=1S/C21H15NOS/c23-21-22(17-11-5-2-6-12-17)20(15-24-21)19-14-8-7-13-18(19)16-9-3-1-4-10-16/h1-15H. The molecule has 0 bridgehead atoms. The Morgan fingerprint density at radius 2 is 1.25 bits per heavy atom. The molecule has 0 N–H and O–H groups in total. The van der Waals surface area contributed by atoms with Gasteiger partial charge in [-0.25, -0.2) is 0 Å². The molecule has 3 heteroatoms. The van der Waals surface area contributed by atoms with Gasteiger partial charge in [-0.3, -0.25) is 9.36 Å². The van der Waals surface area contributed by atoms with Crippen molar-refractivity contribution in [3.8, 4) is 28.1 Å². The molecule has 0 aliphatic rings. The van der Waals surface area contributed by atoms with Crippen molar-refractivity contribution >= 4 is 11.3 Å². The monoisotopic (exact) mass is 329 g/mol. The van der Waals surface area contributed by atoms with Crippen LogP contribution in [0.3, 0.4) is 0 Å². The van der Waals surface area contributed by atoms with Gasteiger partial charge in [-0.2, -0.15) is 0 Å². The molecule has 0 radical (unpaired) electrons. The first-order valence-corrected chi connectivity index (χ1v) is 8.63. The summed E-state index contributed by atoms with van der Waals surface area (Å²) in [6.07, 6.45) is 0. The number of rotatable bonds is 3. The smallest absolute Gasteiger partial charge is 0.267 e. The van der Waals surface area contributed by atoms with Gasteiger partial charge in [0.2, 0.25) is 0 Å². The first-order valence-electron chi connectivity index (χ1n) is 7.75. The summed E-state index contributed by atoms with van der Waals surface area (Å²) in [7, 11) is 0. The number of benzene rings is 3. The predicted molar refractivity (Wildman–Crippen MR) is 101 cm³/mol. The molecule has 1 heterocycles. The summed E-state index contributed by atoms with van der Waals surface area (Å²) in [6.45, 7) is 0. The van der Waals surface area contributed by atoms with Crippen LogP contribution in [0.25, 0.3) is 28.1 Å². The van der Waals surface area contributed by atoms with Gasteiger partial charge < -0.3 is 0 Å². The van der Waals surface area contributed by atoms with Crippen LogP contribution < -0.4 is 4.87 Å². The van der Waals surface area contributed by atoms with Crippen LogP contribution in [0.4, 0.5) is 0 Å². The van der Waals surface area contributed by atoms with E-state index in [0.29, 0.717) is 0 Å². The molecule has 0 atom stereocenters. The highest BCUT2D eigenvalue weighted by Gasteiger charge is 2.14. The molecule has 2 nitrogen and oxygen atoms in total. The van der Waals surface area contributed by atoms with Crippen LogP contribution in [0.15, 0.2) is 95.1 Å². The average Bonchev–Trinajstić information content (AvgIpc) is 3.04. The van der Waals surface area contributed by atoms with Gasteiger partial charge in [0.1, 0.15) is 0 Å². The van der Waals surface area contributed by atoms with Crippen LogP contribution in [-0.4, -0.2) is 4.57 Å². The maximum atomic E-state index is 12.4. The van der Waals surface area contributed by atoms with Gasteiger partial charge in [0.25, 0.3) is 0 Å². The maximum Gasteiger partial charge on any atom is 0.312 e. The van der Waals surface area contributed by atoms with Gasteiger partial charge in [-0.1, -0.05) is 84.1 Å². The minimum Gasteiger partial charge on any atom is -0.267 e. The molecule has 116 valence electrons. The van der Waals surface area contributed by atoms with Crippen LogP contribution >= 0.6 is 11.3 Å². The van der Waals surface area contributed by atoms with Gasteiger partial charge in [0.15, 0.2) is 0 Å². The van der Waals surface area contributed by atoms with Crippen molar-refractivity contribution in [1.29, 1.82) is 0 Å². The van der Waals surface area contributed by atoms with Gasteiger partial charge in [-0.15, -0.1) is 0 Å². The molecule has 0 aliphatic carbocycles. The molecule has 0 saturated heterocycles. The Hall–Kier alpha value is -2.91. The van der Waals surface area contributed by atoms with Crippen LogP contribution in [0, 0.1) is 0 Å². The summed E-state index contributed by atoms with van der Waals surface area (Å²) in [4.78, 5) is 12.5. The zero-order valence-electron chi connectivity index (χ0n) is 12.9. The molecule has 0 saturated carbocycles. The minimum atomic E-state index is 0.0269. The van der Waals surface area contributed by atoms with E-state index in [-0.39, 0.29) is 4.87 Å². The first-order chi connectivity index (χ1) is 11.8. The number of thiazole rings is 1. The Morgan fingerprint density at radius 3 is 1.96 bits per heavy atom. The number of hydrogen-bond acceptors (Lipinski definition) is 2. The lowest BCUT2D eigenvalue weighted by Crippen LogP contribution is -2.11. The fourth-order valence-corrected chi connectivity index (χ4v) is 3.65. The quantitative estimate of drug-likeness (QED) is 0.504. The molecule has 0 amide bonds. The second kappa shape index (κ2) is 6.30. The fraction of sp³-hybridized carbons (Fsp3) is 0. The summed E-state index contributed by atoms with van der Waals surface area (Å²) in [6, 6.07) is 28.3. The molecule has 0 fully saturated rings. The van der Waals surface area contributed by atoms with Gasteiger partial charge in [-0.05, 0) is 23.3 Å². The Balaban J connectivity index is 1.96. The lowest BCUT2D eigenvalue weighted by atomic mass is 9.98. The topological polar surface area (TPSA) is 22.0 Å². The van der Waals surface area contributed by atoms with Crippen molar-refractivity contribution in [3.05, 3.63) is 100.0 Å². The summed E-state index contributed by atoms with van der Waals surface area (Å²) >= 11 is 1.23. The van der Waals surface area contributed by atoms with Crippen LogP contribution in [0.1, 0.15) is 0 Å². The highest BCUT2D eigenvalue weighted by Crippen LogP contribution is 2.33. The van der Waals surface area contributed by atoms with E-state index in [2.05, 4.69) is 24.3 Å². The number of nitrogens with zero attached hydrogens (tertiary/aromatic N) is 1. The lowest BCUT2D eigenvalue weighted by molar-refractivity contribution is 1.05. The van der Waals surface area contributed by atoms with Gasteiger partial charge in [0.05, 0.1) is 11.4 Å². The van der Waals surface area contributed by atoms with Crippen molar-refractivity contribution in [3.63, 3.8) is 0 Å². The molecule has 3 aromatic carbocycles. The van der Waals surface area contributed by atoms with Crippen molar-refractivity contribution in [2.45, 2.75) is 0 Å². The van der Waals surface area contributed by atoms with Crippen molar-refractivity contribution in [1.82, 2.24) is 4.57 Å². The summed E-state index contributed by atoms with van der Waals surface area (Å²) in [5.41, 5.74) is 5.15. The van der Waals surface area contributed by atoms with Gasteiger partial charge >= 0.3 is 4.87 Å². The van der Waals surface area contributed by atoms with E-state index in [0.717, 1.165) is 28.1 Å². The molecule has 0 spiro atoms. The lowest BCUT2D eigenvalue weighted by Gasteiger charge is -2.12. The molecule has 0 unspecified atom stereocenters. The molecule has 24 heavy (non-hydrogen) atoms. The second-order valence-corrected chi connectivity index (χ2v) is 6.29. The number of aromatic nitrogens is 1. The maximum absolute atomic E-state index is 12.4. The molecule has 0 aliphatic heterocycles. The molecule has 4 aromatic rings. The average molecular weight is 329 g/mol.